The number of anilines is 2. The fraction of sp³-hybridized carbons (Fsp3) is 0.688. The van der Waals surface area contributed by atoms with Gasteiger partial charge in [0.1, 0.15) is 6.35 Å². The van der Waals surface area contributed by atoms with Crippen molar-refractivity contribution in [3.63, 3.8) is 0 Å². The number of rotatable bonds is 7. The number of hydrogen-bond acceptors (Lipinski definition) is 7. The van der Waals surface area contributed by atoms with Gasteiger partial charge in [-0.05, 0) is 12.8 Å². The molecule has 2 aromatic rings. The first-order valence-corrected chi connectivity index (χ1v) is 11.1. The quantitative estimate of drug-likeness (QED) is 0.406. The Labute approximate surface area is 157 Å². The van der Waals surface area contributed by atoms with Gasteiger partial charge in [-0.3, -0.25) is 4.57 Å². The largest absolute Gasteiger partial charge is 0.368 e. The predicted octanol–water partition coefficient (Wildman–Crippen LogP) is 2.09. The highest BCUT2D eigenvalue weighted by Gasteiger charge is 2.17. The summed E-state index contributed by atoms with van der Waals surface area (Å²) in [5.41, 5.74) is 7.11. The average molecular weight is 398 g/mol. The molecule has 1 fully saturated rings. The number of nitrogens with one attached hydrogen (secondary N) is 1. The molecule has 0 unspecified atom stereocenters. The normalized spacial score (nSPS) is 17.0. The fourth-order valence-corrected chi connectivity index (χ4v) is 3.73. The van der Waals surface area contributed by atoms with E-state index in [1.807, 2.05) is 0 Å². The smallest absolute Gasteiger partial charge is 0.350 e. The van der Waals surface area contributed by atoms with E-state index in [1.54, 1.807) is 10.9 Å². The first-order valence-electron chi connectivity index (χ1n) is 9.29. The Morgan fingerprint density at radius 3 is 2.63 bits per heavy atom. The summed E-state index contributed by atoms with van der Waals surface area (Å²) in [6, 6.07) is 0.347. The third-order valence-electron chi connectivity index (χ3n) is 4.66. The van der Waals surface area contributed by atoms with Crippen LogP contribution >= 0.6 is 7.60 Å². The van der Waals surface area contributed by atoms with Crippen LogP contribution in [-0.4, -0.2) is 48.3 Å². The first-order chi connectivity index (χ1) is 12.9. The van der Waals surface area contributed by atoms with Crippen molar-refractivity contribution in [3.8, 4) is 0 Å². The maximum absolute atomic E-state index is 10.8. The Morgan fingerprint density at radius 1 is 1.22 bits per heavy atom. The highest BCUT2D eigenvalue weighted by Crippen LogP contribution is 2.33. The zero-order valence-electron chi connectivity index (χ0n) is 15.3. The number of ether oxygens (including phenoxy) is 1. The van der Waals surface area contributed by atoms with Gasteiger partial charge in [-0.2, -0.15) is 9.97 Å². The van der Waals surface area contributed by atoms with Gasteiger partial charge in [0.15, 0.2) is 17.0 Å². The molecule has 0 radical (unpaired) electrons. The summed E-state index contributed by atoms with van der Waals surface area (Å²) in [6.07, 6.45) is 9.45. The first kappa shape index (κ1) is 20.0. The van der Waals surface area contributed by atoms with E-state index in [0.29, 0.717) is 29.6 Å². The van der Waals surface area contributed by atoms with Crippen molar-refractivity contribution in [1.82, 2.24) is 19.5 Å². The molecule has 150 valence electrons. The molecule has 2 aromatic heterocycles. The minimum atomic E-state index is -4.17. The highest BCUT2D eigenvalue weighted by atomic mass is 31.2. The van der Waals surface area contributed by atoms with Gasteiger partial charge in [0.05, 0.1) is 12.9 Å². The Hall–Kier alpha value is -1.74. The molecule has 10 nitrogen and oxygen atoms in total. The molecule has 0 aromatic carbocycles. The van der Waals surface area contributed by atoms with Crippen molar-refractivity contribution < 1.29 is 19.1 Å². The van der Waals surface area contributed by atoms with Crippen molar-refractivity contribution >= 4 is 30.5 Å². The van der Waals surface area contributed by atoms with Crippen molar-refractivity contribution in [2.45, 2.75) is 57.5 Å². The molecule has 27 heavy (non-hydrogen) atoms. The third-order valence-corrected chi connectivity index (χ3v) is 5.18. The topological polar surface area (TPSA) is 148 Å². The summed E-state index contributed by atoms with van der Waals surface area (Å²) >= 11 is 0. The molecule has 1 aliphatic rings. The summed E-state index contributed by atoms with van der Waals surface area (Å²) in [5.74, 6) is 0.798. The van der Waals surface area contributed by atoms with E-state index in [-0.39, 0.29) is 12.6 Å². The predicted molar refractivity (Wildman–Crippen MR) is 102 cm³/mol. The Kier molecular flexibility index (Phi) is 6.64. The van der Waals surface area contributed by atoms with Crippen LogP contribution in [0.3, 0.4) is 0 Å². The number of aromatic nitrogens is 4. The van der Waals surface area contributed by atoms with E-state index in [4.69, 9.17) is 20.3 Å². The molecule has 0 bridgehead atoms. The summed E-state index contributed by atoms with van der Waals surface area (Å²) in [6.45, 7) is 0.488. The number of hydrogen-bond donors (Lipinski definition) is 4. The summed E-state index contributed by atoms with van der Waals surface area (Å²) in [7, 11) is -4.17. The average Bonchev–Trinajstić information content (AvgIpc) is 2.96. The van der Waals surface area contributed by atoms with Crippen LogP contribution in [-0.2, 0) is 15.8 Å². The SMILES string of the molecule is Nc1nc(NC2CCCCCCC2)c2ncn(CCOCP(=O)(O)O)c2n1. The minimum Gasteiger partial charge on any atom is -0.368 e. The van der Waals surface area contributed by atoms with Crippen molar-refractivity contribution in [2.24, 2.45) is 0 Å². The Morgan fingerprint density at radius 2 is 1.93 bits per heavy atom. The molecule has 1 saturated carbocycles. The number of fused-ring (bicyclic) bond motifs is 1. The minimum absolute atomic E-state index is 0.131. The van der Waals surface area contributed by atoms with Gasteiger partial charge in [-0.1, -0.05) is 32.1 Å². The summed E-state index contributed by atoms with van der Waals surface area (Å²) in [4.78, 5) is 30.7. The maximum atomic E-state index is 10.8. The maximum Gasteiger partial charge on any atom is 0.350 e. The van der Waals surface area contributed by atoms with Crippen molar-refractivity contribution in [2.75, 3.05) is 24.0 Å². The summed E-state index contributed by atoms with van der Waals surface area (Å²) in [5, 5.41) is 3.49. The van der Waals surface area contributed by atoms with Gasteiger partial charge in [-0.15, -0.1) is 0 Å². The van der Waals surface area contributed by atoms with Crippen molar-refractivity contribution in [3.05, 3.63) is 6.33 Å². The lowest BCUT2D eigenvalue weighted by Gasteiger charge is -2.21. The van der Waals surface area contributed by atoms with E-state index < -0.39 is 13.9 Å². The van der Waals surface area contributed by atoms with Gasteiger partial charge in [0.2, 0.25) is 5.95 Å². The molecule has 0 spiro atoms. The van der Waals surface area contributed by atoms with Crippen LogP contribution in [0.4, 0.5) is 11.8 Å². The number of nitrogens with zero attached hydrogens (tertiary/aromatic N) is 4. The Balaban J connectivity index is 1.71. The molecular weight excluding hydrogens is 371 g/mol. The van der Waals surface area contributed by atoms with Crippen molar-refractivity contribution in [1.29, 1.82) is 0 Å². The number of nitrogen functional groups attached to an aromatic ring is 1. The zero-order valence-corrected chi connectivity index (χ0v) is 16.1. The van der Waals surface area contributed by atoms with Gasteiger partial charge < -0.3 is 30.1 Å². The van der Waals surface area contributed by atoms with Crippen LogP contribution in [0.25, 0.3) is 11.2 Å². The van der Waals surface area contributed by atoms with Crippen LogP contribution in [0.5, 0.6) is 0 Å². The van der Waals surface area contributed by atoms with E-state index >= 15 is 0 Å². The van der Waals surface area contributed by atoms with E-state index in [1.165, 1.54) is 32.1 Å². The molecule has 3 rings (SSSR count). The highest BCUT2D eigenvalue weighted by molar-refractivity contribution is 7.51. The second-order valence-electron chi connectivity index (χ2n) is 6.93. The van der Waals surface area contributed by atoms with Gasteiger partial charge >= 0.3 is 7.60 Å². The molecule has 11 heteroatoms. The molecule has 0 amide bonds. The zero-order chi connectivity index (χ0) is 19.3. The lowest BCUT2D eigenvalue weighted by Crippen LogP contribution is -2.22. The third kappa shape index (κ3) is 5.87. The van der Waals surface area contributed by atoms with Gasteiger partial charge in [-0.25, -0.2) is 4.98 Å². The molecule has 0 aliphatic heterocycles. The van der Waals surface area contributed by atoms with E-state index in [0.717, 1.165) is 12.8 Å². The summed E-state index contributed by atoms with van der Waals surface area (Å²) < 4.78 is 17.6. The van der Waals surface area contributed by atoms with Crippen LogP contribution in [0.1, 0.15) is 44.9 Å². The van der Waals surface area contributed by atoms with E-state index in [9.17, 15) is 4.57 Å². The molecule has 0 atom stereocenters. The van der Waals surface area contributed by atoms with Crippen LogP contribution in [0.15, 0.2) is 6.33 Å². The second-order valence-corrected chi connectivity index (χ2v) is 8.52. The van der Waals surface area contributed by atoms with Crippen LogP contribution < -0.4 is 11.1 Å². The van der Waals surface area contributed by atoms with Gasteiger partial charge in [0.25, 0.3) is 0 Å². The number of imidazole rings is 1. The molecular formula is C16H27N6O4P. The van der Waals surface area contributed by atoms with Gasteiger partial charge in [0, 0.05) is 12.6 Å². The molecule has 2 heterocycles. The number of nitrogens with two attached hydrogens (primary N) is 1. The molecule has 0 saturated heterocycles. The lowest BCUT2D eigenvalue weighted by molar-refractivity contribution is 0.149. The van der Waals surface area contributed by atoms with Crippen LogP contribution in [0, 0.1) is 0 Å². The monoisotopic (exact) mass is 398 g/mol. The second kappa shape index (κ2) is 8.97. The molecule has 1 aliphatic carbocycles. The lowest BCUT2D eigenvalue weighted by atomic mass is 9.97. The Bertz CT molecular complexity index is 800. The fourth-order valence-electron chi connectivity index (χ4n) is 3.37. The van der Waals surface area contributed by atoms with Crippen LogP contribution in [0.2, 0.25) is 0 Å². The standard InChI is InChI=1S/C16H27N6O4P/c17-16-20-14(19-12-6-4-2-1-3-5-7-12)13-15(21-16)22(10-18-13)8-9-26-11-27(23,24)25/h10,12H,1-9,11H2,(H2,23,24,25)(H3,17,19,20,21). The van der Waals surface area contributed by atoms with E-state index in [2.05, 4.69) is 20.3 Å². The molecule has 5 N–H and O–H groups in total.